The summed E-state index contributed by atoms with van der Waals surface area (Å²) in [7, 11) is 0. The molecule has 1 saturated carbocycles. The van der Waals surface area contributed by atoms with Gasteiger partial charge >= 0.3 is 0 Å². The molecule has 2 atom stereocenters. The van der Waals surface area contributed by atoms with Crippen LogP contribution in [0, 0.1) is 0 Å². The van der Waals surface area contributed by atoms with Crippen LogP contribution in [0.1, 0.15) is 88.5 Å². The number of fused-ring (bicyclic) bond motifs is 3. The van der Waals surface area contributed by atoms with Gasteiger partial charge < -0.3 is 19.7 Å². The largest absolute Gasteiger partial charge is 0.351 e. The van der Waals surface area contributed by atoms with E-state index >= 15 is 0 Å². The van der Waals surface area contributed by atoms with Crippen LogP contribution in [0.2, 0.25) is 0 Å². The highest BCUT2D eigenvalue weighted by Gasteiger charge is 2.48. The first kappa shape index (κ1) is 23.9. The minimum Gasteiger partial charge on any atom is -0.351 e. The predicted octanol–water partition coefficient (Wildman–Crippen LogP) is 5.02. The first-order chi connectivity index (χ1) is 16.5. The van der Waals surface area contributed by atoms with Crippen molar-refractivity contribution in [2.45, 2.75) is 102 Å². The van der Waals surface area contributed by atoms with Gasteiger partial charge in [-0.2, -0.15) is 0 Å². The van der Waals surface area contributed by atoms with E-state index in [4.69, 9.17) is 0 Å². The van der Waals surface area contributed by atoms with Crippen molar-refractivity contribution in [3.63, 3.8) is 0 Å². The molecule has 5 rings (SSSR count). The van der Waals surface area contributed by atoms with Gasteiger partial charge in [0, 0.05) is 25.2 Å². The normalized spacial score (nSPS) is 26.7. The summed E-state index contributed by atoms with van der Waals surface area (Å²) >= 11 is 1.66. The van der Waals surface area contributed by atoms with E-state index in [2.05, 4.69) is 33.2 Å². The smallest absolute Gasteiger partial charge is 0.271 e. The molecule has 0 radical (unpaired) electrons. The zero-order valence-electron chi connectivity index (χ0n) is 20.9. The van der Waals surface area contributed by atoms with Crippen molar-refractivity contribution in [3.05, 3.63) is 23.2 Å². The average molecular weight is 485 g/mol. The summed E-state index contributed by atoms with van der Waals surface area (Å²) < 4.78 is 3.21. The van der Waals surface area contributed by atoms with Gasteiger partial charge in [0.2, 0.25) is 5.91 Å². The second-order valence-corrected chi connectivity index (χ2v) is 11.7. The Morgan fingerprint density at radius 2 is 1.94 bits per heavy atom. The van der Waals surface area contributed by atoms with Gasteiger partial charge in [0.1, 0.15) is 11.2 Å². The molecule has 1 aliphatic carbocycles. The minimum atomic E-state index is -0.874. The van der Waals surface area contributed by atoms with E-state index in [1.54, 1.807) is 11.3 Å². The lowest BCUT2D eigenvalue weighted by molar-refractivity contribution is -0.133. The number of hydrogen-bond donors (Lipinski definition) is 1. The van der Waals surface area contributed by atoms with Crippen LogP contribution in [-0.4, -0.2) is 63.4 Å². The zero-order valence-corrected chi connectivity index (χ0v) is 21.7. The Balaban J connectivity index is 1.37. The zero-order chi connectivity index (χ0) is 23.7. The third-order valence-electron chi connectivity index (χ3n) is 8.53. The van der Waals surface area contributed by atoms with Crippen LogP contribution in [0.25, 0.3) is 10.2 Å². The molecule has 7 heteroatoms. The van der Waals surface area contributed by atoms with Crippen molar-refractivity contribution in [2.75, 3.05) is 19.6 Å². The summed E-state index contributed by atoms with van der Waals surface area (Å²) in [5.74, 6) is 0.0153. The van der Waals surface area contributed by atoms with Crippen LogP contribution in [0.4, 0.5) is 0 Å². The fourth-order valence-electron chi connectivity index (χ4n) is 6.46. The van der Waals surface area contributed by atoms with Gasteiger partial charge in [-0.15, -0.1) is 11.3 Å². The van der Waals surface area contributed by atoms with E-state index < -0.39 is 5.54 Å². The summed E-state index contributed by atoms with van der Waals surface area (Å²) in [5.41, 5.74) is 0.930. The molecule has 6 nitrogen and oxygen atoms in total. The number of hydrogen-bond acceptors (Lipinski definition) is 4. The predicted molar refractivity (Wildman–Crippen MR) is 138 cm³/mol. The van der Waals surface area contributed by atoms with Gasteiger partial charge in [0.25, 0.3) is 5.91 Å². The molecule has 2 amide bonds. The lowest BCUT2D eigenvalue weighted by Gasteiger charge is -2.45. The Hall–Kier alpha value is -1.86. The Kier molecular flexibility index (Phi) is 7.03. The molecule has 0 unspecified atom stereocenters. The van der Waals surface area contributed by atoms with E-state index in [9.17, 15) is 9.59 Å². The van der Waals surface area contributed by atoms with Crippen molar-refractivity contribution in [1.82, 2.24) is 19.7 Å². The maximum atomic E-state index is 13.8. The Bertz CT molecular complexity index is 1020. The Labute approximate surface area is 207 Å². The average Bonchev–Trinajstić information content (AvgIpc) is 3.44. The Morgan fingerprint density at radius 1 is 1.15 bits per heavy atom. The van der Waals surface area contributed by atoms with Crippen molar-refractivity contribution in [1.29, 1.82) is 0 Å². The third kappa shape index (κ3) is 4.41. The lowest BCUT2D eigenvalue weighted by atomic mass is 9.91. The van der Waals surface area contributed by atoms with Crippen LogP contribution >= 0.6 is 11.3 Å². The molecular formula is C27H40N4O2S. The number of nitrogens with zero attached hydrogens (tertiary/aromatic N) is 3. The fraction of sp³-hybridized carbons (Fsp3) is 0.704. The van der Waals surface area contributed by atoms with E-state index in [0.29, 0.717) is 19.1 Å². The summed E-state index contributed by atoms with van der Waals surface area (Å²) in [6.07, 6.45) is 11.7. The molecule has 34 heavy (non-hydrogen) atoms. The second kappa shape index (κ2) is 10.0. The number of likely N-dealkylation sites (tertiary alicyclic amines) is 1. The van der Waals surface area contributed by atoms with Crippen LogP contribution < -0.4 is 5.32 Å². The standard InChI is InChI=1S/C27H40N4O2S/c1-3-21-12-7-8-14-29(21)15-9-16-31-25(32)23-18-24-22(13-17-34-24)30(23)19-27(31,2)26(33)28-20-10-5-4-6-11-20/h13,17-18,20-21H,3-12,14-16,19H2,1-2H3,(H,28,33)/t21-,27-/m1/s1. The van der Waals surface area contributed by atoms with Crippen LogP contribution in [0.5, 0.6) is 0 Å². The maximum Gasteiger partial charge on any atom is 0.271 e. The summed E-state index contributed by atoms with van der Waals surface area (Å²) in [5, 5.41) is 5.41. The first-order valence-corrected chi connectivity index (χ1v) is 14.3. The molecule has 3 aliphatic rings. The topological polar surface area (TPSA) is 57.6 Å². The highest BCUT2D eigenvalue weighted by Crippen LogP contribution is 2.35. The van der Waals surface area contributed by atoms with E-state index in [1.165, 1.54) is 44.9 Å². The van der Waals surface area contributed by atoms with Crippen LogP contribution in [0.3, 0.4) is 0 Å². The Morgan fingerprint density at radius 3 is 2.74 bits per heavy atom. The van der Waals surface area contributed by atoms with Gasteiger partial charge in [-0.1, -0.05) is 32.6 Å². The molecule has 0 aromatic carbocycles. The summed E-state index contributed by atoms with van der Waals surface area (Å²) in [6.45, 7) is 7.57. The van der Waals surface area contributed by atoms with Crippen LogP contribution in [0.15, 0.2) is 17.5 Å². The molecular weight excluding hydrogens is 444 g/mol. The number of piperidine rings is 1. The molecule has 2 aliphatic heterocycles. The van der Waals surface area contributed by atoms with Crippen molar-refractivity contribution < 1.29 is 9.59 Å². The molecule has 2 aromatic heterocycles. The van der Waals surface area contributed by atoms with E-state index in [1.807, 2.05) is 17.9 Å². The molecule has 1 saturated heterocycles. The number of aromatic nitrogens is 1. The highest BCUT2D eigenvalue weighted by atomic mass is 32.1. The number of carbonyl (C=O) groups is 2. The monoisotopic (exact) mass is 484 g/mol. The summed E-state index contributed by atoms with van der Waals surface area (Å²) in [6, 6.07) is 5.00. The number of nitrogens with one attached hydrogen (secondary N) is 1. The molecule has 0 bridgehead atoms. The fourth-order valence-corrected chi connectivity index (χ4v) is 7.28. The highest BCUT2D eigenvalue weighted by molar-refractivity contribution is 7.17. The van der Waals surface area contributed by atoms with Gasteiger partial charge in [-0.25, -0.2) is 0 Å². The number of rotatable bonds is 7. The lowest BCUT2D eigenvalue weighted by Crippen LogP contribution is -2.65. The van der Waals surface area contributed by atoms with Crippen molar-refractivity contribution in [3.8, 4) is 0 Å². The molecule has 186 valence electrons. The van der Waals surface area contributed by atoms with Gasteiger partial charge in [0.15, 0.2) is 0 Å². The second-order valence-electron chi connectivity index (χ2n) is 10.8. The number of thiophene rings is 1. The first-order valence-electron chi connectivity index (χ1n) is 13.4. The molecule has 0 spiro atoms. The van der Waals surface area contributed by atoms with Crippen molar-refractivity contribution >= 4 is 33.4 Å². The quantitative estimate of drug-likeness (QED) is 0.600. The SMILES string of the molecule is CC[C@@H]1CCCCN1CCCN1C(=O)c2cc3sccc3n2C[C@]1(C)C(=O)NC1CCCCC1. The van der Waals surface area contributed by atoms with E-state index in [0.717, 1.165) is 48.3 Å². The third-order valence-corrected chi connectivity index (χ3v) is 9.38. The molecule has 4 heterocycles. The van der Waals surface area contributed by atoms with Gasteiger partial charge in [-0.05, 0) is 69.5 Å². The minimum absolute atomic E-state index is 0.00151. The molecule has 2 fully saturated rings. The molecule has 1 N–H and O–H groups in total. The number of carbonyl (C=O) groups excluding carboxylic acids is 2. The van der Waals surface area contributed by atoms with E-state index in [-0.39, 0.29) is 17.9 Å². The summed E-state index contributed by atoms with van der Waals surface area (Å²) in [4.78, 5) is 32.1. The van der Waals surface area contributed by atoms with Gasteiger partial charge in [0.05, 0.1) is 16.8 Å². The van der Waals surface area contributed by atoms with Crippen LogP contribution in [-0.2, 0) is 11.3 Å². The molecule has 2 aromatic rings. The van der Waals surface area contributed by atoms with Crippen molar-refractivity contribution in [2.24, 2.45) is 0 Å². The maximum absolute atomic E-state index is 13.8. The number of amides is 2. The van der Waals surface area contributed by atoms with Gasteiger partial charge in [-0.3, -0.25) is 9.59 Å².